The first-order chi connectivity index (χ1) is 8.49. The molecule has 1 aliphatic rings. The number of carboxylic acid groups (broad SMARTS) is 1. The summed E-state index contributed by atoms with van der Waals surface area (Å²) >= 11 is 0. The van der Waals surface area contributed by atoms with Gasteiger partial charge in [0.05, 0.1) is 5.41 Å². The summed E-state index contributed by atoms with van der Waals surface area (Å²) in [4.78, 5) is 13.3. The van der Waals surface area contributed by atoms with E-state index in [2.05, 4.69) is 4.90 Å². The molecule has 4 heteroatoms. The van der Waals surface area contributed by atoms with Gasteiger partial charge in [0, 0.05) is 6.54 Å². The smallest absolute Gasteiger partial charge is 0.309 e. The molecule has 0 bridgehead atoms. The number of hydrogen-bond acceptors (Lipinski definition) is 2. The zero-order valence-electron chi connectivity index (χ0n) is 10.5. The van der Waals surface area contributed by atoms with Crippen molar-refractivity contribution in [2.75, 3.05) is 13.1 Å². The van der Waals surface area contributed by atoms with E-state index in [9.17, 15) is 9.18 Å². The Morgan fingerprint density at radius 1 is 1.44 bits per heavy atom. The molecule has 2 rings (SSSR count). The predicted octanol–water partition coefficient (Wildman–Crippen LogP) is 2.51. The summed E-state index contributed by atoms with van der Waals surface area (Å²) in [6.07, 6.45) is 1.30. The molecule has 0 unspecified atom stereocenters. The fourth-order valence-corrected chi connectivity index (χ4v) is 2.31. The van der Waals surface area contributed by atoms with Crippen molar-refractivity contribution in [2.24, 2.45) is 5.41 Å². The summed E-state index contributed by atoms with van der Waals surface area (Å²) in [5, 5.41) is 9.14. The lowest BCUT2D eigenvalue weighted by Crippen LogP contribution is -2.42. The van der Waals surface area contributed by atoms with Crippen molar-refractivity contribution in [3.05, 3.63) is 35.6 Å². The molecular formula is C14H18FNO2. The van der Waals surface area contributed by atoms with Crippen molar-refractivity contribution in [3.8, 4) is 0 Å². The number of piperidine rings is 1. The number of aliphatic carboxylic acids is 1. The summed E-state index contributed by atoms with van der Waals surface area (Å²) in [6, 6.07) is 6.57. The van der Waals surface area contributed by atoms with Crippen molar-refractivity contribution in [1.82, 2.24) is 4.90 Å². The van der Waals surface area contributed by atoms with Crippen molar-refractivity contribution in [1.29, 1.82) is 0 Å². The Kier molecular flexibility index (Phi) is 3.66. The van der Waals surface area contributed by atoms with Crippen molar-refractivity contribution < 1.29 is 14.3 Å². The van der Waals surface area contributed by atoms with E-state index in [0.29, 0.717) is 19.4 Å². The number of carbonyl (C=O) groups is 1. The van der Waals surface area contributed by atoms with Crippen LogP contribution in [0.5, 0.6) is 0 Å². The van der Waals surface area contributed by atoms with Gasteiger partial charge in [0.1, 0.15) is 5.82 Å². The van der Waals surface area contributed by atoms with Crippen LogP contribution >= 0.6 is 0 Å². The summed E-state index contributed by atoms with van der Waals surface area (Å²) in [6.45, 7) is 3.99. The first-order valence-corrected chi connectivity index (χ1v) is 6.20. The zero-order chi connectivity index (χ0) is 13.2. The van der Waals surface area contributed by atoms with E-state index in [1.807, 2.05) is 6.07 Å². The third kappa shape index (κ3) is 2.88. The lowest BCUT2D eigenvalue weighted by Gasteiger charge is -2.36. The normalized spacial score (nSPS) is 19.7. The van der Waals surface area contributed by atoms with Crippen molar-refractivity contribution >= 4 is 5.97 Å². The molecule has 3 nitrogen and oxygen atoms in total. The molecule has 0 saturated carbocycles. The average Bonchev–Trinajstić information content (AvgIpc) is 2.32. The van der Waals surface area contributed by atoms with Gasteiger partial charge in [-0.2, -0.15) is 0 Å². The standard InChI is InChI=1S/C14H18FNO2/c1-14(13(17)18)5-7-16(8-6-14)10-11-3-2-4-12(15)9-11/h2-4,9H,5-8,10H2,1H3,(H,17,18). The van der Waals surface area contributed by atoms with Gasteiger partial charge in [-0.05, 0) is 50.6 Å². The van der Waals surface area contributed by atoms with Gasteiger partial charge in [-0.3, -0.25) is 9.69 Å². The molecule has 0 radical (unpaired) electrons. The minimum Gasteiger partial charge on any atom is -0.481 e. The number of rotatable bonds is 3. The molecule has 1 N–H and O–H groups in total. The van der Waals surface area contributed by atoms with Crippen molar-refractivity contribution in [3.63, 3.8) is 0 Å². The van der Waals surface area contributed by atoms with Crippen LogP contribution in [-0.2, 0) is 11.3 Å². The van der Waals surface area contributed by atoms with Crippen LogP contribution in [0.3, 0.4) is 0 Å². The zero-order valence-corrected chi connectivity index (χ0v) is 10.5. The Labute approximate surface area is 106 Å². The number of nitrogens with zero attached hydrogens (tertiary/aromatic N) is 1. The highest BCUT2D eigenvalue weighted by atomic mass is 19.1. The number of hydrogen-bond donors (Lipinski definition) is 1. The lowest BCUT2D eigenvalue weighted by molar-refractivity contribution is -0.150. The molecule has 98 valence electrons. The maximum Gasteiger partial charge on any atom is 0.309 e. The largest absolute Gasteiger partial charge is 0.481 e. The van der Waals surface area contributed by atoms with E-state index in [0.717, 1.165) is 18.7 Å². The monoisotopic (exact) mass is 251 g/mol. The highest BCUT2D eigenvalue weighted by molar-refractivity contribution is 5.74. The van der Waals surface area contributed by atoms with E-state index in [1.54, 1.807) is 13.0 Å². The minimum atomic E-state index is -0.715. The molecule has 0 aromatic heterocycles. The topological polar surface area (TPSA) is 40.5 Å². The number of benzene rings is 1. The van der Waals surface area contributed by atoms with E-state index < -0.39 is 11.4 Å². The van der Waals surface area contributed by atoms with Gasteiger partial charge in [-0.1, -0.05) is 12.1 Å². The van der Waals surface area contributed by atoms with Gasteiger partial charge in [-0.25, -0.2) is 4.39 Å². The number of likely N-dealkylation sites (tertiary alicyclic amines) is 1. The van der Waals surface area contributed by atoms with Crippen LogP contribution in [-0.4, -0.2) is 29.1 Å². The van der Waals surface area contributed by atoms with Gasteiger partial charge in [0.2, 0.25) is 0 Å². The minimum absolute atomic E-state index is 0.222. The third-order valence-electron chi connectivity index (χ3n) is 3.77. The number of halogens is 1. The first-order valence-electron chi connectivity index (χ1n) is 6.20. The van der Waals surface area contributed by atoms with Crippen molar-refractivity contribution in [2.45, 2.75) is 26.3 Å². The molecule has 1 aliphatic heterocycles. The SMILES string of the molecule is CC1(C(=O)O)CCN(Cc2cccc(F)c2)CC1. The van der Waals surface area contributed by atoms with E-state index >= 15 is 0 Å². The Morgan fingerprint density at radius 3 is 2.67 bits per heavy atom. The molecular weight excluding hydrogens is 233 g/mol. The van der Waals surface area contributed by atoms with E-state index in [-0.39, 0.29) is 5.82 Å². The fraction of sp³-hybridized carbons (Fsp3) is 0.500. The Hall–Kier alpha value is -1.42. The molecule has 1 fully saturated rings. The Morgan fingerprint density at radius 2 is 2.11 bits per heavy atom. The summed E-state index contributed by atoms with van der Waals surface area (Å²) in [5.74, 6) is -0.937. The molecule has 18 heavy (non-hydrogen) atoms. The van der Waals surface area contributed by atoms with E-state index in [1.165, 1.54) is 12.1 Å². The van der Waals surface area contributed by atoms with Gasteiger partial charge >= 0.3 is 5.97 Å². The third-order valence-corrected chi connectivity index (χ3v) is 3.77. The average molecular weight is 251 g/mol. The quantitative estimate of drug-likeness (QED) is 0.897. The molecule has 1 aromatic carbocycles. The maximum atomic E-state index is 13.1. The molecule has 1 saturated heterocycles. The fourth-order valence-electron chi connectivity index (χ4n) is 2.31. The maximum absolute atomic E-state index is 13.1. The second kappa shape index (κ2) is 5.06. The Balaban J connectivity index is 1.93. The second-order valence-electron chi connectivity index (χ2n) is 5.27. The molecule has 0 amide bonds. The molecule has 0 atom stereocenters. The Bertz CT molecular complexity index is 439. The van der Waals surface area contributed by atoms with Gasteiger partial charge in [0.25, 0.3) is 0 Å². The van der Waals surface area contributed by atoms with Crippen LogP contribution in [0.2, 0.25) is 0 Å². The van der Waals surface area contributed by atoms with Crippen LogP contribution in [0.4, 0.5) is 4.39 Å². The van der Waals surface area contributed by atoms with Crippen LogP contribution in [0, 0.1) is 11.2 Å². The molecule has 1 aromatic rings. The summed E-state index contributed by atoms with van der Waals surface area (Å²) in [5.41, 5.74) is 0.340. The highest BCUT2D eigenvalue weighted by Crippen LogP contribution is 2.31. The molecule has 0 aliphatic carbocycles. The second-order valence-corrected chi connectivity index (χ2v) is 5.27. The van der Waals surface area contributed by atoms with Crippen LogP contribution < -0.4 is 0 Å². The highest BCUT2D eigenvalue weighted by Gasteiger charge is 2.36. The first kappa shape index (κ1) is 13.0. The van der Waals surface area contributed by atoms with Crippen LogP contribution in [0.15, 0.2) is 24.3 Å². The molecule has 0 spiro atoms. The number of carboxylic acids is 1. The van der Waals surface area contributed by atoms with Gasteiger partial charge in [0.15, 0.2) is 0 Å². The van der Waals surface area contributed by atoms with E-state index in [4.69, 9.17) is 5.11 Å². The predicted molar refractivity (Wildman–Crippen MR) is 66.7 cm³/mol. The van der Waals surface area contributed by atoms with Gasteiger partial charge < -0.3 is 5.11 Å². The summed E-state index contributed by atoms with van der Waals surface area (Å²) in [7, 11) is 0. The molecule has 1 heterocycles. The van der Waals surface area contributed by atoms with Crippen LogP contribution in [0.25, 0.3) is 0 Å². The van der Waals surface area contributed by atoms with Crippen LogP contribution in [0.1, 0.15) is 25.3 Å². The van der Waals surface area contributed by atoms with Gasteiger partial charge in [-0.15, -0.1) is 0 Å². The summed E-state index contributed by atoms with van der Waals surface area (Å²) < 4.78 is 13.1. The lowest BCUT2D eigenvalue weighted by atomic mass is 9.80.